The first kappa shape index (κ1) is 18.7. The Morgan fingerprint density at radius 2 is 1.72 bits per heavy atom. The van der Waals surface area contributed by atoms with Crippen LogP contribution in [-0.4, -0.2) is 15.5 Å². The Kier molecular flexibility index (Phi) is 4.80. The van der Waals surface area contributed by atoms with Crippen molar-refractivity contribution < 1.29 is 4.79 Å². The zero-order valence-corrected chi connectivity index (χ0v) is 16.7. The molecule has 0 saturated heterocycles. The van der Waals surface area contributed by atoms with Gasteiger partial charge in [-0.05, 0) is 50.1 Å². The van der Waals surface area contributed by atoms with Gasteiger partial charge >= 0.3 is 0 Å². The molecule has 0 bridgehead atoms. The minimum atomic E-state index is -0.201. The van der Waals surface area contributed by atoms with Crippen LogP contribution in [0.1, 0.15) is 32.7 Å². The van der Waals surface area contributed by atoms with Gasteiger partial charge in [0, 0.05) is 35.1 Å². The van der Waals surface area contributed by atoms with E-state index in [0.29, 0.717) is 11.1 Å². The number of fused-ring (bicyclic) bond motifs is 1. The second-order valence-electron chi connectivity index (χ2n) is 7.34. The van der Waals surface area contributed by atoms with Crippen LogP contribution >= 0.6 is 0 Å². The average Bonchev–Trinajstić information content (AvgIpc) is 3.07. The highest BCUT2D eigenvalue weighted by Crippen LogP contribution is 2.26. The summed E-state index contributed by atoms with van der Waals surface area (Å²) in [6, 6.07) is 17.8. The fourth-order valence-corrected chi connectivity index (χ4v) is 3.76. The molecule has 2 N–H and O–H groups in total. The molecule has 29 heavy (non-hydrogen) atoms. The number of carbonyl (C=O) groups excluding carboxylic acids is 1. The van der Waals surface area contributed by atoms with Gasteiger partial charge in [-0.25, -0.2) is 0 Å². The number of rotatable bonds is 4. The van der Waals surface area contributed by atoms with Gasteiger partial charge in [-0.2, -0.15) is 0 Å². The molecule has 0 spiro atoms. The third-order valence-electron chi connectivity index (χ3n) is 5.25. The van der Waals surface area contributed by atoms with E-state index in [1.807, 2.05) is 73.1 Å². The molecule has 4 aromatic rings. The topological polar surface area (TPSA) is 66.9 Å². The zero-order valence-electron chi connectivity index (χ0n) is 16.7. The number of amides is 1. The average molecular weight is 385 g/mol. The third-order valence-corrected chi connectivity index (χ3v) is 5.25. The summed E-state index contributed by atoms with van der Waals surface area (Å²) in [5.41, 5.74) is 5.81. The molecule has 5 heteroatoms. The van der Waals surface area contributed by atoms with E-state index in [1.165, 1.54) is 0 Å². The van der Waals surface area contributed by atoms with Gasteiger partial charge in [-0.3, -0.25) is 9.59 Å². The lowest BCUT2D eigenvalue weighted by Gasteiger charge is -2.08. The number of aromatic nitrogens is 2. The van der Waals surface area contributed by atoms with Crippen LogP contribution in [0.25, 0.3) is 16.6 Å². The van der Waals surface area contributed by atoms with Gasteiger partial charge in [0.05, 0.1) is 11.1 Å². The summed E-state index contributed by atoms with van der Waals surface area (Å²) < 4.78 is 2.05. The SMILES string of the molecule is Cc1cc(C)c(CNC(=O)c2cn(-c3ccccc3C)c3ccccc23)c(=O)[nH]1. The largest absolute Gasteiger partial charge is 0.348 e. The van der Waals surface area contributed by atoms with Crippen LogP contribution in [0.3, 0.4) is 0 Å². The van der Waals surface area contributed by atoms with Crippen LogP contribution in [0.2, 0.25) is 0 Å². The Labute approximate surface area is 169 Å². The number of nitrogens with zero attached hydrogens (tertiary/aromatic N) is 1. The molecule has 1 amide bonds. The number of benzene rings is 2. The predicted octanol–water partition coefficient (Wildman–Crippen LogP) is 4.17. The van der Waals surface area contributed by atoms with Crippen LogP contribution in [-0.2, 0) is 6.54 Å². The lowest BCUT2D eigenvalue weighted by atomic mass is 10.1. The van der Waals surface area contributed by atoms with Crippen molar-refractivity contribution in [1.29, 1.82) is 0 Å². The molecular weight excluding hydrogens is 362 g/mol. The van der Waals surface area contributed by atoms with Crippen molar-refractivity contribution in [1.82, 2.24) is 14.9 Å². The highest BCUT2D eigenvalue weighted by molar-refractivity contribution is 6.07. The van der Waals surface area contributed by atoms with Crippen molar-refractivity contribution in [3.63, 3.8) is 0 Å². The van der Waals surface area contributed by atoms with E-state index in [4.69, 9.17) is 0 Å². The highest BCUT2D eigenvalue weighted by Gasteiger charge is 2.17. The molecule has 0 unspecified atom stereocenters. The fourth-order valence-electron chi connectivity index (χ4n) is 3.76. The van der Waals surface area contributed by atoms with Crippen LogP contribution < -0.4 is 10.9 Å². The molecule has 0 fully saturated rings. The minimum absolute atomic E-state index is 0.162. The molecule has 2 aromatic heterocycles. The second-order valence-corrected chi connectivity index (χ2v) is 7.34. The van der Waals surface area contributed by atoms with Crippen LogP contribution in [0.4, 0.5) is 0 Å². The first-order valence-corrected chi connectivity index (χ1v) is 9.59. The van der Waals surface area contributed by atoms with Crippen molar-refractivity contribution in [3.8, 4) is 5.69 Å². The Morgan fingerprint density at radius 3 is 2.48 bits per heavy atom. The molecule has 2 heterocycles. The molecule has 146 valence electrons. The van der Waals surface area contributed by atoms with E-state index in [0.717, 1.165) is 33.4 Å². The van der Waals surface area contributed by atoms with Gasteiger partial charge in [0.25, 0.3) is 11.5 Å². The first-order chi connectivity index (χ1) is 14.0. The van der Waals surface area contributed by atoms with E-state index in [1.54, 1.807) is 0 Å². The number of nitrogens with one attached hydrogen (secondary N) is 2. The summed E-state index contributed by atoms with van der Waals surface area (Å²) in [4.78, 5) is 28.0. The van der Waals surface area contributed by atoms with Crippen molar-refractivity contribution in [3.05, 3.63) is 99.1 Å². The van der Waals surface area contributed by atoms with Gasteiger partial charge in [-0.15, -0.1) is 0 Å². The smallest absolute Gasteiger partial charge is 0.253 e. The summed E-state index contributed by atoms with van der Waals surface area (Å²) >= 11 is 0. The van der Waals surface area contributed by atoms with Gasteiger partial charge in [0.2, 0.25) is 0 Å². The highest BCUT2D eigenvalue weighted by atomic mass is 16.1. The molecule has 0 aliphatic heterocycles. The summed E-state index contributed by atoms with van der Waals surface area (Å²) in [6.45, 7) is 5.96. The van der Waals surface area contributed by atoms with E-state index < -0.39 is 0 Å². The molecule has 4 rings (SSSR count). The van der Waals surface area contributed by atoms with Crippen molar-refractivity contribution >= 4 is 16.8 Å². The molecule has 0 aliphatic carbocycles. The predicted molar refractivity (Wildman–Crippen MR) is 116 cm³/mol. The summed E-state index contributed by atoms with van der Waals surface area (Å²) in [7, 11) is 0. The molecule has 0 radical (unpaired) electrons. The van der Waals surface area contributed by atoms with Gasteiger partial charge in [0.15, 0.2) is 0 Å². The van der Waals surface area contributed by atoms with Crippen molar-refractivity contribution in [2.75, 3.05) is 0 Å². The monoisotopic (exact) mass is 385 g/mol. The lowest BCUT2D eigenvalue weighted by molar-refractivity contribution is 0.0952. The molecular formula is C24H23N3O2. The summed E-state index contributed by atoms with van der Waals surface area (Å²) in [5, 5.41) is 3.79. The normalized spacial score (nSPS) is 11.0. The van der Waals surface area contributed by atoms with Gasteiger partial charge in [-0.1, -0.05) is 36.4 Å². The van der Waals surface area contributed by atoms with Crippen LogP contribution in [0, 0.1) is 20.8 Å². The standard InChI is InChI=1S/C24H23N3O2/c1-15-8-4-6-10-21(15)27-14-20(18-9-5-7-11-22(18)27)23(28)25-13-19-16(2)12-17(3)26-24(19)29/h4-12,14H,13H2,1-3H3,(H,25,28)(H,26,29). The number of pyridine rings is 1. The number of H-pyrrole nitrogens is 1. The fraction of sp³-hybridized carbons (Fsp3) is 0.167. The van der Waals surface area contributed by atoms with E-state index >= 15 is 0 Å². The van der Waals surface area contributed by atoms with Crippen molar-refractivity contribution in [2.45, 2.75) is 27.3 Å². The van der Waals surface area contributed by atoms with Crippen molar-refractivity contribution in [2.24, 2.45) is 0 Å². The Bertz CT molecular complexity index is 1280. The van der Waals surface area contributed by atoms with Gasteiger partial charge < -0.3 is 14.9 Å². The third kappa shape index (κ3) is 3.47. The lowest BCUT2D eigenvalue weighted by Crippen LogP contribution is -2.27. The quantitative estimate of drug-likeness (QED) is 0.554. The van der Waals surface area contributed by atoms with E-state index in [2.05, 4.69) is 23.3 Å². The number of hydrogen-bond donors (Lipinski definition) is 2. The molecule has 0 aliphatic rings. The molecule has 5 nitrogen and oxygen atoms in total. The van der Waals surface area contributed by atoms with E-state index in [9.17, 15) is 9.59 Å². The molecule has 0 saturated carbocycles. The minimum Gasteiger partial charge on any atom is -0.348 e. The Balaban J connectivity index is 1.71. The number of carbonyl (C=O) groups is 1. The number of aryl methyl sites for hydroxylation is 3. The maximum absolute atomic E-state index is 13.0. The Hall–Kier alpha value is -3.60. The summed E-state index contributed by atoms with van der Waals surface area (Å²) in [5.74, 6) is -0.201. The van der Waals surface area contributed by atoms with Crippen LogP contribution in [0.5, 0.6) is 0 Å². The summed E-state index contributed by atoms with van der Waals surface area (Å²) in [6.07, 6.45) is 1.87. The Morgan fingerprint density at radius 1 is 1.00 bits per heavy atom. The maximum atomic E-state index is 13.0. The second kappa shape index (κ2) is 7.43. The maximum Gasteiger partial charge on any atom is 0.253 e. The van der Waals surface area contributed by atoms with Crippen LogP contribution in [0.15, 0.2) is 65.6 Å². The molecule has 2 aromatic carbocycles. The molecule has 0 atom stereocenters. The number of para-hydroxylation sites is 2. The van der Waals surface area contributed by atoms with E-state index in [-0.39, 0.29) is 18.0 Å². The zero-order chi connectivity index (χ0) is 20.5. The first-order valence-electron chi connectivity index (χ1n) is 9.59. The number of hydrogen-bond acceptors (Lipinski definition) is 2. The number of aromatic amines is 1. The van der Waals surface area contributed by atoms with Gasteiger partial charge in [0.1, 0.15) is 0 Å².